The van der Waals surface area contributed by atoms with E-state index < -0.39 is 23.9 Å². The molecule has 0 aliphatic carbocycles. The van der Waals surface area contributed by atoms with Crippen LogP contribution in [-0.4, -0.2) is 35.7 Å². The summed E-state index contributed by atoms with van der Waals surface area (Å²) in [5.41, 5.74) is 3.12. The SMILES string of the molecule is C=C(C)C(=O)NOC(=O)/C=C/c1ccccc1.C=CC(=O)OCC(C)O. The van der Waals surface area contributed by atoms with Gasteiger partial charge in [0.15, 0.2) is 0 Å². The molecule has 7 heteroatoms. The van der Waals surface area contributed by atoms with Gasteiger partial charge in [-0.05, 0) is 25.5 Å². The standard InChI is InChI=1S/C13H13NO3.C6H10O3/c1-10(2)13(16)14-17-12(15)9-8-11-6-4-3-5-7-11;1-3-6(8)9-4-5(2)7/h3-9H,1H2,2H3,(H,14,16);3,5,7H,1,4H2,2H3/b9-8+;. The van der Waals surface area contributed by atoms with Crippen LogP contribution in [0.1, 0.15) is 19.4 Å². The molecule has 1 amide bonds. The lowest BCUT2D eigenvalue weighted by molar-refractivity contribution is -0.151. The summed E-state index contributed by atoms with van der Waals surface area (Å²) in [5, 5.41) is 8.59. The molecule has 0 saturated carbocycles. The molecule has 0 saturated heterocycles. The first-order valence-corrected chi connectivity index (χ1v) is 7.63. The lowest BCUT2D eigenvalue weighted by Gasteiger charge is -2.02. The number of rotatable bonds is 6. The van der Waals surface area contributed by atoms with Crippen LogP contribution < -0.4 is 5.48 Å². The van der Waals surface area contributed by atoms with Crippen molar-refractivity contribution in [3.63, 3.8) is 0 Å². The van der Waals surface area contributed by atoms with Crippen LogP contribution in [0, 0.1) is 0 Å². The summed E-state index contributed by atoms with van der Waals surface area (Å²) in [7, 11) is 0. The van der Waals surface area contributed by atoms with E-state index in [0.717, 1.165) is 11.6 Å². The van der Waals surface area contributed by atoms with Crippen molar-refractivity contribution >= 4 is 23.9 Å². The second-order valence-corrected chi connectivity index (χ2v) is 5.06. The zero-order valence-corrected chi connectivity index (χ0v) is 14.8. The number of hydroxylamine groups is 1. The zero-order valence-electron chi connectivity index (χ0n) is 14.8. The minimum absolute atomic E-state index is 0.0326. The van der Waals surface area contributed by atoms with E-state index in [4.69, 9.17) is 5.11 Å². The van der Waals surface area contributed by atoms with Crippen molar-refractivity contribution in [1.82, 2.24) is 5.48 Å². The van der Waals surface area contributed by atoms with Gasteiger partial charge < -0.3 is 14.7 Å². The van der Waals surface area contributed by atoms with Gasteiger partial charge in [0.2, 0.25) is 0 Å². The van der Waals surface area contributed by atoms with Gasteiger partial charge in [-0.1, -0.05) is 43.5 Å². The van der Waals surface area contributed by atoms with Crippen molar-refractivity contribution in [2.75, 3.05) is 6.61 Å². The predicted molar refractivity (Wildman–Crippen MR) is 97.4 cm³/mol. The average Bonchev–Trinajstić information content (AvgIpc) is 2.63. The Hall–Kier alpha value is -3.19. The van der Waals surface area contributed by atoms with Crippen LogP contribution in [0.3, 0.4) is 0 Å². The fraction of sp³-hybridized carbons (Fsp3) is 0.211. The van der Waals surface area contributed by atoms with Crippen molar-refractivity contribution in [2.45, 2.75) is 20.0 Å². The quantitative estimate of drug-likeness (QED) is 0.456. The second-order valence-electron chi connectivity index (χ2n) is 5.06. The topological polar surface area (TPSA) is 102 Å². The normalized spacial score (nSPS) is 10.7. The smallest absolute Gasteiger partial charge is 0.355 e. The van der Waals surface area contributed by atoms with E-state index in [1.54, 1.807) is 6.08 Å². The maximum Gasteiger partial charge on any atom is 0.355 e. The van der Waals surface area contributed by atoms with Crippen LogP contribution in [0.25, 0.3) is 6.08 Å². The van der Waals surface area contributed by atoms with Crippen LogP contribution in [0.15, 0.2) is 61.2 Å². The lowest BCUT2D eigenvalue weighted by Crippen LogP contribution is -2.26. The van der Waals surface area contributed by atoms with Crippen LogP contribution in [0.2, 0.25) is 0 Å². The molecule has 2 N–H and O–H groups in total. The Morgan fingerprint density at radius 3 is 2.35 bits per heavy atom. The minimum atomic E-state index is -0.650. The van der Waals surface area contributed by atoms with Gasteiger partial charge in [-0.25, -0.2) is 9.59 Å². The van der Waals surface area contributed by atoms with Gasteiger partial charge in [0.05, 0.1) is 6.10 Å². The highest BCUT2D eigenvalue weighted by Gasteiger charge is 2.03. The van der Waals surface area contributed by atoms with E-state index in [-0.39, 0.29) is 12.2 Å². The predicted octanol–water partition coefficient (Wildman–Crippen LogP) is 1.95. The van der Waals surface area contributed by atoms with E-state index in [1.807, 2.05) is 35.8 Å². The maximum absolute atomic E-state index is 11.2. The number of aliphatic hydroxyl groups is 1. The summed E-state index contributed by atoms with van der Waals surface area (Å²) < 4.78 is 4.45. The minimum Gasteiger partial charge on any atom is -0.460 e. The molecule has 0 aromatic heterocycles. The van der Waals surface area contributed by atoms with Gasteiger partial charge in [0, 0.05) is 17.7 Å². The maximum atomic E-state index is 11.2. The number of carbonyl (C=O) groups excluding carboxylic acids is 3. The molecule has 140 valence electrons. The Kier molecular flexibility index (Phi) is 11.5. The number of nitrogens with one attached hydrogen (secondary N) is 1. The van der Waals surface area contributed by atoms with Gasteiger partial charge in [-0.15, -0.1) is 0 Å². The summed E-state index contributed by atoms with van der Waals surface area (Å²) in [4.78, 5) is 37.0. The van der Waals surface area contributed by atoms with Crippen LogP contribution in [0.4, 0.5) is 0 Å². The van der Waals surface area contributed by atoms with Crippen molar-refractivity contribution < 1.29 is 29.1 Å². The summed E-state index contributed by atoms with van der Waals surface area (Å²) in [6.45, 7) is 9.68. The number of benzene rings is 1. The monoisotopic (exact) mass is 361 g/mol. The third-order valence-electron chi connectivity index (χ3n) is 2.48. The molecule has 0 heterocycles. The first kappa shape index (κ1) is 22.8. The summed E-state index contributed by atoms with van der Waals surface area (Å²) >= 11 is 0. The number of hydrogen-bond donors (Lipinski definition) is 2. The molecule has 0 spiro atoms. The molecule has 0 fully saturated rings. The summed E-state index contributed by atoms with van der Waals surface area (Å²) in [6, 6.07) is 9.27. The number of amides is 1. The number of ether oxygens (including phenoxy) is 1. The van der Waals surface area contributed by atoms with E-state index in [2.05, 4.69) is 22.7 Å². The first-order valence-electron chi connectivity index (χ1n) is 7.63. The van der Waals surface area contributed by atoms with E-state index in [9.17, 15) is 14.4 Å². The highest BCUT2D eigenvalue weighted by molar-refractivity contribution is 5.93. The Morgan fingerprint density at radius 2 is 1.85 bits per heavy atom. The van der Waals surface area contributed by atoms with Gasteiger partial charge >= 0.3 is 11.9 Å². The van der Waals surface area contributed by atoms with Gasteiger partial charge in [0.1, 0.15) is 6.61 Å². The fourth-order valence-electron chi connectivity index (χ4n) is 1.21. The van der Waals surface area contributed by atoms with E-state index in [0.29, 0.717) is 0 Å². The molecule has 7 nitrogen and oxygen atoms in total. The largest absolute Gasteiger partial charge is 0.460 e. The highest BCUT2D eigenvalue weighted by atomic mass is 16.7. The molecule has 1 aromatic rings. The van der Waals surface area contributed by atoms with Gasteiger partial charge in [0.25, 0.3) is 5.91 Å². The molecule has 1 unspecified atom stereocenters. The molecule has 0 aliphatic heterocycles. The van der Waals surface area contributed by atoms with Crippen molar-refractivity contribution in [3.05, 3.63) is 66.8 Å². The molecule has 1 aromatic carbocycles. The van der Waals surface area contributed by atoms with Crippen molar-refractivity contribution in [2.24, 2.45) is 0 Å². The van der Waals surface area contributed by atoms with Crippen molar-refractivity contribution in [1.29, 1.82) is 0 Å². The molecule has 26 heavy (non-hydrogen) atoms. The summed E-state index contributed by atoms with van der Waals surface area (Å²) in [6.07, 6.45) is 3.28. The molecule has 0 radical (unpaired) electrons. The average molecular weight is 361 g/mol. The van der Waals surface area contributed by atoms with Crippen LogP contribution >= 0.6 is 0 Å². The number of carbonyl (C=O) groups is 3. The second kappa shape index (κ2) is 13.1. The zero-order chi connectivity index (χ0) is 19.9. The fourth-order valence-corrected chi connectivity index (χ4v) is 1.21. The first-order chi connectivity index (χ1) is 12.3. The molecular formula is C19H23NO6. The summed E-state index contributed by atoms with van der Waals surface area (Å²) in [5.74, 6) is -1.68. The molecule has 0 aliphatic rings. The number of esters is 1. The number of aliphatic hydroxyl groups excluding tert-OH is 1. The number of hydrogen-bond acceptors (Lipinski definition) is 6. The molecular weight excluding hydrogens is 338 g/mol. The van der Waals surface area contributed by atoms with Crippen LogP contribution in [0.5, 0.6) is 0 Å². The third-order valence-corrected chi connectivity index (χ3v) is 2.48. The van der Waals surface area contributed by atoms with Crippen molar-refractivity contribution in [3.8, 4) is 0 Å². The Labute approximate surface area is 152 Å². The van der Waals surface area contributed by atoms with Gasteiger partial charge in [-0.3, -0.25) is 4.79 Å². The molecule has 1 rings (SSSR count). The Balaban J connectivity index is 0.000000590. The lowest BCUT2D eigenvalue weighted by atomic mass is 10.2. The highest BCUT2D eigenvalue weighted by Crippen LogP contribution is 2.00. The van der Waals surface area contributed by atoms with E-state index in [1.165, 1.54) is 19.9 Å². The van der Waals surface area contributed by atoms with Gasteiger partial charge in [-0.2, -0.15) is 5.48 Å². The Bertz CT molecular complexity index is 649. The molecule has 0 bridgehead atoms. The molecule has 1 atom stereocenters. The Morgan fingerprint density at radius 1 is 1.23 bits per heavy atom. The third kappa shape index (κ3) is 12.3. The van der Waals surface area contributed by atoms with Crippen LogP contribution in [-0.2, 0) is 24.0 Å². The van der Waals surface area contributed by atoms with E-state index >= 15 is 0 Å².